The molecule has 0 atom stereocenters. The third-order valence-corrected chi connectivity index (χ3v) is 3.18. The van der Waals surface area contributed by atoms with Gasteiger partial charge < -0.3 is 15.4 Å². The second kappa shape index (κ2) is 6.26. The van der Waals surface area contributed by atoms with E-state index in [1.807, 2.05) is 25.1 Å². The number of aryl methyl sites for hydroxylation is 1. The second-order valence-corrected chi connectivity index (χ2v) is 4.88. The van der Waals surface area contributed by atoms with Gasteiger partial charge >= 0.3 is 0 Å². The van der Waals surface area contributed by atoms with Crippen LogP contribution >= 0.6 is 0 Å². The molecule has 110 valence electrons. The SMILES string of the molecule is COc1ccc(N)c(C(=O)N(C)Cc2cccc(C)n2)c1. The summed E-state index contributed by atoms with van der Waals surface area (Å²) in [4.78, 5) is 18.5. The van der Waals surface area contributed by atoms with Gasteiger partial charge in [0.05, 0.1) is 24.9 Å². The van der Waals surface area contributed by atoms with Crippen molar-refractivity contribution < 1.29 is 9.53 Å². The Morgan fingerprint density at radius 3 is 2.76 bits per heavy atom. The predicted octanol–water partition coefficient (Wildman–Crippen LogP) is 2.25. The first-order chi connectivity index (χ1) is 10.0. The summed E-state index contributed by atoms with van der Waals surface area (Å²) in [6.45, 7) is 2.35. The highest BCUT2D eigenvalue weighted by Gasteiger charge is 2.16. The average Bonchev–Trinajstić information content (AvgIpc) is 2.47. The van der Waals surface area contributed by atoms with Gasteiger partial charge in [-0.15, -0.1) is 0 Å². The lowest BCUT2D eigenvalue weighted by Crippen LogP contribution is -2.27. The van der Waals surface area contributed by atoms with E-state index >= 15 is 0 Å². The van der Waals surface area contributed by atoms with Crippen molar-refractivity contribution in [2.45, 2.75) is 13.5 Å². The number of anilines is 1. The van der Waals surface area contributed by atoms with Crippen molar-refractivity contribution in [3.05, 3.63) is 53.3 Å². The lowest BCUT2D eigenvalue weighted by molar-refractivity contribution is 0.0784. The molecule has 1 heterocycles. The molecule has 0 saturated heterocycles. The van der Waals surface area contributed by atoms with Gasteiger partial charge in [-0.05, 0) is 37.3 Å². The quantitative estimate of drug-likeness (QED) is 0.875. The molecule has 0 unspecified atom stereocenters. The van der Waals surface area contributed by atoms with Crippen LogP contribution in [0.1, 0.15) is 21.7 Å². The Hall–Kier alpha value is -2.56. The van der Waals surface area contributed by atoms with Gasteiger partial charge in [-0.1, -0.05) is 6.07 Å². The minimum Gasteiger partial charge on any atom is -0.497 e. The number of pyridine rings is 1. The van der Waals surface area contributed by atoms with Crippen molar-refractivity contribution in [3.63, 3.8) is 0 Å². The number of hydrogen-bond donors (Lipinski definition) is 1. The number of amides is 1. The van der Waals surface area contributed by atoms with Crippen LogP contribution in [0.3, 0.4) is 0 Å². The number of aromatic nitrogens is 1. The molecule has 5 nitrogen and oxygen atoms in total. The highest BCUT2D eigenvalue weighted by Crippen LogP contribution is 2.21. The zero-order valence-electron chi connectivity index (χ0n) is 12.5. The van der Waals surface area contributed by atoms with E-state index in [0.29, 0.717) is 23.5 Å². The summed E-state index contributed by atoms with van der Waals surface area (Å²) >= 11 is 0. The fraction of sp³-hybridized carbons (Fsp3) is 0.250. The van der Waals surface area contributed by atoms with Crippen molar-refractivity contribution in [1.82, 2.24) is 9.88 Å². The fourth-order valence-electron chi connectivity index (χ4n) is 2.06. The summed E-state index contributed by atoms with van der Waals surface area (Å²) < 4.78 is 5.14. The second-order valence-electron chi connectivity index (χ2n) is 4.88. The lowest BCUT2D eigenvalue weighted by atomic mass is 10.1. The third kappa shape index (κ3) is 3.51. The highest BCUT2D eigenvalue weighted by atomic mass is 16.5. The van der Waals surface area contributed by atoms with Gasteiger partial charge in [0.1, 0.15) is 5.75 Å². The molecule has 0 bridgehead atoms. The normalized spacial score (nSPS) is 10.2. The summed E-state index contributed by atoms with van der Waals surface area (Å²) in [5.41, 5.74) is 8.52. The van der Waals surface area contributed by atoms with Gasteiger partial charge in [0, 0.05) is 18.4 Å². The van der Waals surface area contributed by atoms with Gasteiger partial charge in [0.25, 0.3) is 5.91 Å². The molecular weight excluding hydrogens is 266 g/mol. The number of nitrogens with two attached hydrogens (primary N) is 1. The van der Waals surface area contributed by atoms with Crippen molar-refractivity contribution in [3.8, 4) is 5.75 Å². The van der Waals surface area contributed by atoms with Crippen LogP contribution in [0.2, 0.25) is 0 Å². The molecule has 0 fully saturated rings. The zero-order valence-corrected chi connectivity index (χ0v) is 12.5. The van der Waals surface area contributed by atoms with E-state index in [4.69, 9.17) is 10.5 Å². The molecule has 0 spiro atoms. The minimum absolute atomic E-state index is 0.158. The summed E-state index contributed by atoms with van der Waals surface area (Å²) in [6, 6.07) is 10.8. The van der Waals surface area contributed by atoms with Gasteiger partial charge in [-0.3, -0.25) is 9.78 Å². The molecule has 5 heteroatoms. The van der Waals surface area contributed by atoms with Crippen LogP contribution in [-0.2, 0) is 6.54 Å². The van der Waals surface area contributed by atoms with E-state index in [0.717, 1.165) is 11.4 Å². The van der Waals surface area contributed by atoms with Crippen LogP contribution in [0.4, 0.5) is 5.69 Å². The largest absolute Gasteiger partial charge is 0.497 e. The number of carbonyl (C=O) groups is 1. The third-order valence-electron chi connectivity index (χ3n) is 3.18. The van der Waals surface area contributed by atoms with Crippen LogP contribution in [0.25, 0.3) is 0 Å². The van der Waals surface area contributed by atoms with E-state index in [9.17, 15) is 4.79 Å². The maximum atomic E-state index is 12.5. The number of ether oxygens (including phenoxy) is 1. The van der Waals surface area contributed by atoms with Crippen LogP contribution in [0, 0.1) is 6.92 Å². The molecule has 1 aromatic heterocycles. The number of benzene rings is 1. The first-order valence-corrected chi connectivity index (χ1v) is 6.63. The topological polar surface area (TPSA) is 68.5 Å². The summed E-state index contributed by atoms with van der Waals surface area (Å²) in [6.07, 6.45) is 0. The average molecular weight is 285 g/mol. The molecule has 0 saturated carbocycles. The van der Waals surface area contributed by atoms with E-state index < -0.39 is 0 Å². The Balaban J connectivity index is 2.19. The Bertz CT molecular complexity index is 656. The van der Waals surface area contributed by atoms with Crippen LogP contribution in [0.5, 0.6) is 5.75 Å². The first-order valence-electron chi connectivity index (χ1n) is 6.63. The van der Waals surface area contributed by atoms with Crippen LogP contribution in [0.15, 0.2) is 36.4 Å². The molecule has 1 amide bonds. The van der Waals surface area contributed by atoms with Gasteiger partial charge in [0.2, 0.25) is 0 Å². The van der Waals surface area contributed by atoms with Crippen molar-refractivity contribution in [1.29, 1.82) is 0 Å². The Kier molecular flexibility index (Phi) is 4.42. The fourth-order valence-corrected chi connectivity index (χ4v) is 2.06. The van der Waals surface area contributed by atoms with Crippen molar-refractivity contribution in [2.75, 3.05) is 19.9 Å². The lowest BCUT2D eigenvalue weighted by Gasteiger charge is -2.18. The Morgan fingerprint density at radius 2 is 2.10 bits per heavy atom. The predicted molar refractivity (Wildman–Crippen MR) is 82.2 cm³/mol. The number of nitrogen functional groups attached to an aromatic ring is 1. The van der Waals surface area contributed by atoms with Gasteiger partial charge in [-0.25, -0.2) is 0 Å². The number of hydrogen-bond acceptors (Lipinski definition) is 4. The minimum atomic E-state index is -0.158. The summed E-state index contributed by atoms with van der Waals surface area (Å²) in [5.74, 6) is 0.448. The van der Waals surface area contributed by atoms with Gasteiger partial charge in [0.15, 0.2) is 0 Å². The molecule has 2 aromatic rings. The molecule has 2 rings (SSSR count). The monoisotopic (exact) mass is 285 g/mol. The Labute approximate surface area is 124 Å². The van der Waals surface area contributed by atoms with E-state index in [1.54, 1.807) is 37.3 Å². The van der Waals surface area contributed by atoms with E-state index in [-0.39, 0.29) is 5.91 Å². The molecule has 1 aromatic carbocycles. The van der Waals surface area contributed by atoms with Gasteiger partial charge in [-0.2, -0.15) is 0 Å². The summed E-state index contributed by atoms with van der Waals surface area (Å²) in [5, 5.41) is 0. The molecule has 0 aliphatic rings. The smallest absolute Gasteiger partial charge is 0.256 e. The molecule has 2 N–H and O–H groups in total. The van der Waals surface area contributed by atoms with E-state index in [1.165, 1.54) is 0 Å². The van der Waals surface area contributed by atoms with Crippen molar-refractivity contribution in [2.24, 2.45) is 0 Å². The molecule has 0 aliphatic carbocycles. The molecule has 0 aliphatic heterocycles. The number of nitrogens with zero attached hydrogens (tertiary/aromatic N) is 2. The van der Waals surface area contributed by atoms with Crippen molar-refractivity contribution >= 4 is 11.6 Å². The van der Waals surface area contributed by atoms with Crippen LogP contribution in [-0.4, -0.2) is 29.9 Å². The zero-order chi connectivity index (χ0) is 15.4. The first kappa shape index (κ1) is 14.8. The molecule has 21 heavy (non-hydrogen) atoms. The number of methoxy groups -OCH3 is 1. The highest BCUT2D eigenvalue weighted by molar-refractivity contribution is 5.99. The van der Waals surface area contributed by atoms with Crippen LogP contribution < -0.4 is 10.5 Å². The summed E-state index contributed by atoms with van der Waals surface area (Å²) in [7, 11) is 3.28. The Morgan fingerprint density at radius 1 is 1.33 bits per heavy atom. The maximum absolute atomic E-state index is 12.5. The molecule has 0 radical (unpaired) electrons. The number of carbonyl (C=O) groups excluding carboxylic acids is 1. The number of rotatable bonds is 4. The molecular formula is C16H19N3O2. The maximum Gasteiger partial charge on any atom is 0.256 e. The van der Waals surface area contributed by atoms with E-state index in [2.05, 4.69) is 4.98 Å². The standard InChI is InChI=1S/C16H19N3O2/c1-11-5-4-6-12(18-11)10-19(2)16(20)14-9-13(21-3)7-8-15(14)17/h4-9H,10,17H2,1-3H3.